The van der Waals surface area contributed by atoms with Crippen molar-refractivity contribution in [1.29, 1.82) is 0 Å². The van der Waals surface area contributed by atoms with E-state index < -0.39 is 0 Å². The van der Waals surface area contributed by atoms with Gasteiger partial charge < -0.3 is 9.47 Å². The minimum absolute atomic E-state index is 0.152. The van der Waals surface area contributed by atoms with Gasteiger partial charge in [0, 0.05) is 38.7 Å². The molecule has 2 heteroatoms. The minimum atomic E-state index is -0.152. The number of aromatic nitrogens is 1. The molecule has 0 bridgehead atoms. The molecular formula is C63H46N2. The first-order chi connectivity index (χ1) is 32.0. The molecule has 10 aromatic carbocycles. The Hall–Kier alpha value is -8.20. The van der Waals surface area contributed by atoms with Crippen LogP contribution in [0.4, 0.5) is 17.1 Å². The molecule has 0 saturated carbocycles. The maximum Gasteiger partial charge on any atom is 0.0541 e. The van der Waals surface area contributed by atoms with Gasteiger partial charge in [-0.05, 0) is 110 Å². The standard InChI is InChI=1S/C63H46N2/c1-63(2)57-25-13-9-22-52(57)53-39-38-50(42-58(53)63)64(49-36-33-46(34-37-49)44-19-7-4-8-20-44)62-40-35-48(41-56(62)47-31-29-45(30-32-47)43-17-5-3-6-18-43)51-21-10-14-26-59(51)65-60-27-15-11-23-54(60)55-24-12-16-28-61(55)65/h3-42H,1-2H3. The van der Waals surface area contributed by atoms with E-state index >= 15 is 0 Å². The van der Waals surface area contributed by atoms with E-state index in [1.165, 1.54) is 71.9 Å². The van der Waals surface area contributed by atoms with Crippen molar-refractivity contribution < 1.29 is 0 Å². The lowest BCUT2D eigenvalue weighted by Crippen LogP contribution is -2.17. The van der Waals surface area contributed by atoms with E-state index in [1.807, 2.05) is 0 Å². The van der Waals surface area contributed by atoms with E-state index in [0.29, 0.717) is 0 Å². The maximum atomic E-state index is 2.47. The summed E-state index contributed by atoms with van der Waals surface area (Å²) < 4.78 is 2.44. The van der Waals surface area contributed by atoms with E-state index in [0.717, 1.165) is 39.4 Å². The van der Waals surface area contributed by atoms with E-state index in [-0.39, 0.29) is 5.41 Å². The number of rotatable bonds is 8. The largest absolute Gasteiger partial charge is 0.310 e. The first-order valence-electron chi connectivity index (χ1n) is 22.6. The third-order valence-corrected chi connectivity index (χ3v) is 13.6. The van der Waals surface area contributed by atoms with Crippen LogP contribution in [0.15, 0.2) is 243 Å². The number of anilines is 3. The van der Waals surface area contributed by atoms with Crippen molar-refractivity contribution in [2.75, 3.05) is 4.90 Å². The topological polar surface area (TPSA) is 8.17 Å². The lowest BCUT2D eigenvalue weighted by Gasteiger charge is -2.30. The summed E-state index contributed by atoms with van der Waals surface area (Å²) in [6.45, 7) is 4.73. The summed E-state index contributed by atoms with van der Waals surface area (Å²) in [7, 11) is 0. The summed E-state index contributed by atoms with van der Waals surface area (Å²) in [4.78, 5) is 2.47. The highest BCUT2D eigenvalue weighted by Crippen LogP contribution is 2.52. The molecule has 0 atom stereocenters. The lowest BCUT2D eigenvalue weighted by atomic mass is 9.82. The summed E-state index contributed by atoms with van der Waals surface area (Å²) in [6.07, 6.45) is 0. The predicted octanol–water partition coefficient (Wildman–Crippen LogP) is 17.2. The molecule has 0 aliphatic heterocycles. The molecule has 65 heavy (non-hydrogen) atoms. The number of benzene rings is 10. The summed E-state index contributed by atoms with van der Waals surface area (Å²) in [5.74, 6) is 0. The Bertz CT molecular complexity index is 3490. The second-order valence-electron chi connectivity index (χ2n) is 17.7. The van der Waals surface area contributed by atoms with Crippen LogP contribution in [0.2, 0.25) is 0 Å². The Morgan fingerprint density at radius 3 is 1.46 bits per heavy atom. The van der Waals surface area contributed by atoms with Crippen molar-refractivity contribution in [3.05, 3.63) is 254 Å². The Morgan fingerprint density at radius 1 is 0.323 bits per heavy atom. The molecule has 1 aromatic heterocycles. The zero-order valence-corrected chi connectivity index (χ0v) is 36.5. The van der Waals surface area contributed by atoms with Gasteiger partial charge in [0.05, 0.1) is 22.4 Å². The fourth-order valence-electron chi connectivity index (χ4n) is 10.4. The fraction of sp³-hybridized carbons (Fsp3) is 0.0476. The van der Waals surface area contributed by atoms with E-state index in [1.54, 1.807) is 0 Å². The Kier molecular flexibility index (Phi) is 9.21. The molecule has 0 radical (unpaired) electrons. The predicted molar refractivity (Wildman–Crippen MR) is 275 cm³/mol. The zero-order chi connectivity index (χ0) is 43.5. The summed E-state index contributed by atoms with van der Waals surface area (Å²) >= 11 is 0. The smallest absolute Gasteiger partial charge is 0.0541 e. The number of hydrogen-bond acceptors (Lipinski definition) is 1. The van der Waals surface area contributed by atoms with Crippen molar-refractivity contribution in [2.24, 2.45) is 0 Å². The summed E-state index contributed by atoms with van der Waals surface area (Å²) in [5, 5.41) is 2.50. The molecule has 0 N–H and O–H groups in total. The molecular weight excluding hydrogens is 785 g/mol. The molecule has 11 aromatic rings. The third kappa shape index (κ3) is 6.49. The highest BCUT2D eigenvalue weighted by molar-refractivity contribution is 6.10. The van der Waals surface area contributed by atoms with Gasteiger partial charge in [-0.2, -0.15) is 0 Å². The zero-order valence-electron chi connectivity index (χ0n) is 36.5. The quantitative estimate of drug-likeness (QED) is 0.148. The number of para-hydroxylation sites is 3. The van der Waals surface area contributed by atoms with Crippen LogP contribution in [-0.2, 0) is 5.41 Å². The van der Waals surface area contributed by atoms with Gasteiger partial charge in [0.25, 0.3) is 0 Å². The van der Waals surface area contributed by atoms with Gasteiger partial charge in [-0.3, -0.25) is 0 Å². The highest BCUT2D eigenvalue weighted by Gasteiger charge is 2.36. The van der Waals surface area contributed by atoms with Gasteiger partial charge in [0.2, 0.25) is 0 Å². The molecule has 0 saturated heterocycles. The summed E-state index contributed by atoms with van der Waals surface area (Å²) in [5.41, 5.74) is 21.5. The summed E-state index contributed by atoms with van der Waals surface area (Å²) in [6, 6.07) is 89.0. The SMILES string of the molecule is CC1(C)c2ccccc2-c2ccc(N(c3ccc(-c4ccccc4)cc3)c3ccc(-c4ccccc4-n4c5ccccc5c5ccccc54)cc3-c3ccc(-c4ccccc4)cc3)cc21. The van der Waals surface area contributed by atoms with Crippen molar-refractivity contribution >= 4 is 38.9 Å². The van der Waals surface area contributed by atoms with Gasteiger partial charge >= 0.3 is 0 Å². The van der Waals surface area contributed by atoms with Crippen LogP contribution in [0.1, 0.15) is 25.0 Å². The second kappa shape index (κ2) is 15.6. The second-order valence-corrected chi connectivity index (χ2v) is 17.7. The normalized spacial score (nSPS) is 12.6. The van der Waals surface area contributed by atoms with Gasteiger partial charge in [0.15, 0.2) is 0 Å². The average Bonchev–Trinajstić information content (AvgIpc) is 3.83. The monoisotopic (exact) mass is 830 g/mol. The fourth-order valence-corrected chi connectivity index (χ4v) is 10.4. The Balaban J connectivity index is 1.08. The van der Waals surface area contributed by atoms with Crippen LogP contribution >= 0.6 is 0 Å². The van der Waals surface area contributed by atoms with Crippen LogP contribution in [0.5, 0.6) is 0 Å². The minimum Gasteiger partial charge on any atom is -0.310 e. The molecule has 0 fully saturated rings. The number of hydrogen-bond donors (Lipinski definition) is 0. The van der Waals surface area contributed by atoms with E-state index in [4.69, 9.17) is 0 Å². The van der Waals surface area contributed by atoms with E-state index in [2.05, 4.69) is 266 Å². The number of fused-ring (bicyclic) bond motifs is 6. The molecule has 1 heterocycles. The third-order valence-electron chi connectivity index (χ3n) is 13.6. The van der Waals surface area contributed by atoms with Crippen molar-refractivity contribution in [1.82, 2.24) is 4.57 Å². The van der Waals surface area contributed by atoms with Crippen molar-refractivity contribution in [3.8, 4) is 61.3 Å². The first-order valence-corrected chi connectivity index (χ1v) is 22.6. The molecule has 12 rings (SSSR count). The molecule has 0 spiro atoms. The van der Waals surface area contributed by atoms with Crippen LogP contribution < -0.4 is 4.90 Å². The maximum absolute atomic E-state index is 2.47. The number of nitrogens with zero attached hydrogens (tertiary/aromatic N) is 2. The average molecular weight is 831 g/mol. The molecule has 1 aliphatic rings. The van der Waals surface area contributed by atoms with Gasteiger partial charge in [-0.25, -0.2) is 0 Å². The highest BCUT2D eigenvalue weighted by atomic mass is 15.1. The Morgan fingerprint density at radius 2 is 0.800 bits per heavy atom. The first kappa shape index (κ1) is 38.5. The van der Waals surface area contributed by atoms with Gasteiger partial charge in [-0.15, -0.1) is 0 Å². The van der Waals surface area contributed by atoms with Crippen LogP contribution in [0.3, 0.4) is 0 Å². The molecule has 0 amide bonds. The van der Waals surface area contributed by atoms with Crippen molar-refractivity contribution in [3.63, 3.8) is 0 Å². The van der Waals surface area contributed by atoms with Crippen LogP contribution in [0.25, 0.3) is 83.1 Å². The molecule has 1 aliphatic carbocycles. The molecule has 2 nitrogen and oxygen atoms in total. The lowest BCUT2D eigenvalue weighted by molar-refractivity contribution is 0.660. The van der Waals surface area contributed by atoms with Crippen LogP contribution in [-0.4, -0.2) is 4.57 Å². The van der Waals surface area contributed by atoms with Crippen LogP contribution in [0, 0.1) is 0 Å². The Labute approximate surface area is 381 Å². The van der Waals surface area contributed by atoms with Gasteiger partial charge in [0.1, 0.15) is 0 Å². The van der Waals surface area contributed by atoms with Crippen molar-refractivity contribution in [2.45, 2.75) is 19.3 Å². The van der Waals surface area contributed by atoms with E-state index in [9.17, 15) is 0 Å². The molecule has 0 unspecified atom stereocenters. The van der Waals surface area contributed by atoms with Gasteiger partial charge in [-0.1, -0.05) is 202 Å². The molecule has 308 valence electrons.